The molecule has 3 heteroatoms. The van der Waals surface area contributed by atoms with E-state index in [9.17, 15) is 0 Å². The van der Waals surface area contributed by atoms with E-state index in [4.69, 9.17) is 5.73 Å². The first kappa shape index (κ1) is 9.21. The fraction of sp³-hybridized carbons (Fsp3) is 0.364. The molecule has 74 valence electrons. The molecule has 2 N–H and O–H groups in total. The molecule has 0 radical (unpaired) electrons. The highest BCUT2D eigenvalue weighted by atomic mass is 15.2. The molecule has 2 heterocycles. The average Bonchev–Trinajstić information content (AvgIpc) is 2.58. The van der Waals surface area contributed by atoms with Crippen molar-refractivity contribution in [3.63, 3.8) is 0 Å². The lowest BCUT2D eigenvalue weighted by molar-refractivity contribution is 0.668. The Balaban J connectivity index is 2.25. The second kappa shape index (κ2) is 3.80. The smallest absolute Gasteiger partial charge is 0.0693 e. The van der Waals surface area contributed by atoms with Crippen LogP contribution in [0.5, 0.6) is 0 Å². The molecule has 14 heavy (non-hydrogen) atoms. The largest absolute Gasteiger partial charge is 0.328 e. The Bertz CT molecular complexity index is 417. The molecule has 2 aromatic heterocycles. The Kier molecular flexibility index (Phi) is 2.50. The summed E-state index contributed by atoms with van der Waals surface area (Å²) >= 11 is 0. The van der Waals surface area contributed by atoms with Gasteiger partial charge < -0.3 is 5.73 Å². The first-order chi connectivity index (χ1) is 6.77. The molecule has 0 spiro atoms. The molecule has 0 aromatic carbocycles. The molecule has 0 fully saturated rings. The minimum atomic E-state index is 0.258. The molecule has 2 rings (SSSR count). The van der Waals surface area contributed by atoms with E-state index in [-0.39, 0.29) is 6.04 Å². The molecule has 0 aliphatic rings. The first-order valence-corrected chi connectivity index (χ1v) is 4.94. The lowest BCUT2D eigenvalue weighted by Gasteiger charge is -2.02. The van der Waals surface area contributed by atoms with Crippen LogP contribution in [0.25, 0.3) is 5.52 Å². The van der Waals surface area contributed by atoms with Gasteiger partial charge in [-0.2, -0.15) is 5.10 Å². The highest BCUT2D eigenvalue weighted by Gasteiger charge is 2.03. The minimum Gasteiger partial charge on any atom is -0.328 e. The van der Waals surface area contributed by atoms with Crippen molar-refractivity contribution >= 4 is 5.52 Å². The Labute approximate surface area is 83.5 Å². The molecule has 0 saturated heterocycles. The molecule has 0 amide bonds. The highest BCUT2D eigenvalue weighted by molar-refractivity contribution is 5.53. The van der Waals surface area contributed by atoms with Crippen molar-refractivity contribution in [2.75, 3.05) is 0 Å². The Hall–Kier alpha value is -1.35. The normalized spacial score (nSPS) is 13.3. The van der Waals surface area contributed by atoms with Crippen LogP contribution in [0.3, 0.4) is 0 Å². The van der Waals surface area contributed by atoms with Crippen molar-refractivity contribution in [3.05, 3.63) is 36.2 Å². The molecule has 0 aliphatic carbocycles. The number of aryl methyl sites for hydroxylation is 1. The molecule has 0 bridgehead atoms. The van der Waals surface area contributed by atoms with E-state index in [1.165, 1.54) is 11.1 Å². The van der Waals surface area contributed by atoms with Crippen molar-refractivity contribution in [1.29, 1.82) is 0 Å². The van der Waals surface area contributed by atoms with Crippen LogP contribution in [0.2, 0.25) is 0 Å². The van der Waals surface area contributed by atoms with E-state index in [2.05, 4.69) is 11.2 Å². The Morgan fingerprint density at radius 2 is 2.36 bits per heavy atom. The maximum atomic E-state index is 5.73. The van der Waals surface area contributed by atoms with Gasteiger partial charge in [-0.3, -0.25) is 0 Å². The van der Waals surface area contributed by atoms with Gasteiger partial charge in [0.25, 0.3) is 0 Å². The molecule has 0 aliphatic heterocycles. The van der Waals surface area contributed by atoms with Crippen molar-refractivity contribution in [3.8, 4) is 0 Å². The molecular weight excluding hydrogens is 174 g/mol. The number of hydrogen-bond donors (Lipinski definition) is 1. The van der Waals surface area contributed by atoms with E-state index < -0.39 is 0 Å². The van der Waals surface area contributed by atoms with Gasteiger partial charge in [-0.25, -0.2) is 4.52 Å². The van der Waals surface area contributed by atoms with Crippen LogP contribution < -0.4 is 5.73 Å². The number of nitrogens with two attached hydrogens (primary N) is 1. The number of fused-ring (bicyclic) bond motifs is 1. The van der Waals surface area contributed by atoms with Crippen LogP contribution in [-0.4, -0.2) is 15.7 Å². The van der Waals surface area contributed by atoms with E-state index in [0.29, 0.717) is 0 Å². The van der Waals surface area contributed by atoms with Crippen LogP contribution in [0.15, 0.2) is 30.6 Å². The first-order valence-electron chi connectivity index (χ1n) is 4.94. The molecule has 0 saturated carbocycles. The van der Waals surface area contributed by atoms with Crippen molar-refractivity contribution in [2.24, 2.45) is 5.73 Å². The SMILES string of the molecule is C[C@@H](N)CCc1cnn2ccccc12. The fourth-order valence-electron chi connectivity index (χ4n) is 1.56. The second-order valence-electron chi connectivity index (χ2n) is 3.72. The van der Waals surface area contributed by atoms with Gasteiger partial charge in [0.15, 0.2) is 0 Å². The van der Waals surface area contributed by atoms with Gasteiger partial charge in [0, 0.05) is 12.2 Å². The summed E-state index contributed by atoms with van der Waals surface area (Å²) in [6, 6.07) is 6.36. The van der Waals surface area contributed by atoms with E-state index in [1.54, 1.807) is 0 Å². The van der Waals surface area contributed by atoms with Gasteiger partial charge in [-0.1, -0.05) is 6.07 Å². The van der Waals surface area contributed by atoms with Crippen molar-refractivity contribution < 1.29 is 0 Å². The number of aromatic nitrogens is 2. The summed E-state index contributed by atoms with van der Waals surface area (Å²) in [5, 5.41) is 4.27. The summed E-state index contributed by atoms with van der Waals surface area (Å²) in [7, 11) is 0. The fourth-order valence-corrected chi connectivity index (χ4v) is 1.56. The topological polar surface area (TPSA) is 43.3 Å². The molecule has 1 atom stereocenters. The standard InChI is InChI=1S/C11H15N3/c1-9(12)5-6-10-8-13-14-7-3-2-4-11(10)14/h2-4,7-9H,5-6,12H2,1H3/t9-/m1/s1. The summed E-state index contributed by atoms with van der Waals surface area (Å²) in [6.07, 6.45) is 5.91. The predicted molar refractivity (Wildman–Crippen MR) is 57.2 cm³/mol. The quantitative estimate of drug-likeness (QED) is 0.797. The Morgan fingerprint density at radius 1 is 1.50 bits per heavy atom. The summed E-state index contributed by atoms with van der Waals surface area (Å²) < 4.78 is 1.90. The van der Waals surface area contributed by atoms with Crippen molar-refractivity contribution in [1.82, 2.24) is 9.61 Å². The maximum Gasteiger partial charge on any atom is 0.0693 e. The van der Waals surface area contributed by atoms with E-state index in [0.717, 1.165) is 12.8 Å². The second-order valence-corrected chi connectivity index (χ2v) is 3.72. The Morgan fingerprint density at radius 3 is 3.14 bits per heavy atom. The molecule has 3 nitrogen and oxygen atoms in total. The van der Waals surface area contributed by atoms with Gasteiger partial charge in [-0.05, 0) is 37.5 Å². The third-order valence-corrected chi connectivity index (χ3v) is 2.38. The third kappa shape index (κ3) is 1.77. The van der Waals surface area contributed by atoms with Gasteiger partial charge in [0.1, 0.15) is 0 Å². The average molecular weight is 189 g/mol. The maximum absolute atomic E-state index is 5.73. The molecular formula is C11H15N3. The van der Waals surface area contributed by atoms with Gasteiger partial charge in [0.05, 0.1) is 11.7 Å². The van der Waals surface area contributed by atoms with Crippen molar-refractivity contribution in [2.45, 2.75) is 25.8 Å². The lowest BCUT2D eigenvalue weighted by Crippen LogP contribution is -2.15. The van der Waals surface area contributed by atoms with E-state index >= 15 is 0 Å². The van der Waals surface area contributed by atoms with Gasteiger partial charge in [0.2, 0.25) is 0 Å². The molecule has 0 unspecified atom stereocenters. The van der Waals surface area contributed by atoms with E-state index in [1.807, 2.05) is 36.0 Å². The lowest BCUT2D eigenvalue weighted by atomic mass is 10.1. The zero-order chi connectivity index (χ0) is 9.97. The summed E-state index contributed by atoms with van der Waals surface area (Å²) in [5.74, 6) is 0. The van der Waals surface area contributed by atoms with Gasteiger partial charge in [-0.15, -0.1) is 0 Å². The number of rotatable bonds is 3. The van der Waals surface area contributed by atoms with Crippen LogP contribution in [0.4, 0.5) is 0 Å². The monoisotopic (exact) mass is 189 g/mol. The zero-order valence-electron chi connectivity index (χ0n) is 8.35. The van der Waals surface area contributed by atoms with Crippen LogP contribution in [-0.2, 0) is 6.42 Å². The number of hydrogen-bond acceptors (Lipinski definition) is 2. The van der Waals surface area contributed by atoms with Crippen LogP contribution in [0.1, 0.15) is 18.9 Å². The number of pyridine rings is 1. The predicted octanol–water partition coefficient (Wildman–Crippen LogP) is 1.61. The van der Waals surface area contributed by atoms with Gasteiger partial charge >= 0.3 is 0 Å². The minimum absolute atomic E-state index is 0.258. The zero-order valence-corrected chi connectivity index (χ0v) is 8.35. The third-order valence-electron chi connectivity index (χ3n) is 2.38. The molecule has 2 aromatic rings. The summed E-state index contributed by atoms with van der Waals surface area (Å²) in [4.78, 5) is 0. The van der Waals surface area contributed by atoms with Crippen LogP contribution >= 0.6 is 0 Å². The number of nitrogens with zero attached hydrogens (tertiary/aromatic N) is 2. The highest BCUT2D eigenvalue weighted by Crippen LogP contribution is 2.12. The van der Waals surface area contributed by atoms with Crippen LogP contribution in [0, 0.1) is 0 Å². The summed E-state index contributed by atoms with van der Waals surface area (Å²) in [6.45, 7) is 2.03. The summed E-state index contributed by atoms with van der Waals surface area (Å²) in [5.41, 5.74) is 8.19.